The van der Waals surface area contributed by atoms with Crippen LogP contribution in [0, 0.1) is 0 Å². The minimum atomic E-state index is -0.267. The van der Waals surface area contributed by atoms with E-state index in [4.69, 9.17) is 5.73 Å². The average molecular weight is 200 g/mol. The Kier molecular flexibility index (Phi) is 2.42. The van der Waals surface area contributed by atoms with E-state index >= 15 is 0 Å². The van der Waals surface area contributed by atoms with Crippen LogP contribution in [0.25, 0.3) is 5.57 Å². The molecule has 0 spiro atoms. The summed E-state index contributed by atoms with van der Waals surface area (Å²) in [6.07, 6.45) is 1.39. The number of carbonyl (C=O) groups excluding carboxylic acids is 1. The number of fused-ring (bicyclic) bond motifs is 1. The molecule has 1 aliphatic heterocycles. The Bertz CT molecular complexity index is 447. The summed E-state index contributed by atoms with van der Waals surface area (Å²) in [6.45, 7) is 4.16. The summed E-state index contributed by atoms with van der Waals surface area (Å²) in [6, 6.07) is 7.68. The number of rotatable bonds is 2. The van der Waals surface area contributed by atoms with Gasteiger partial charge in [0.1, 0.15) is 5.94 Å². The molecule has 1 unspecified atom stereocenters. The van der Waals surface area contributed by atoms with E-state index in [0.717, 1.165) is 11.3 Å². The molecule has 1 aromatic rings. The van der Waals surface area contributed by atoms with Gasteiger partial charge in [-0.15, -0.1) is 0 Å². The minimum absolute atomic E-state index is 0.267. The Morgan fingerprint density at radius 1 is 1.53 bits per heavy atom. The van der Waals surface area contributed by atoms with Crippen molar-refractivity contribution in [2.75, 3.05) is 11.4 Å². The summed E-state index contributed by atoms with van der Waals surface area (Å²) in [4.78, 5) is 12.7. The summed E-state index contributed by atoms with van der Waals surface area (Å²) in [5.74, 6) is 1.96. The zero-order valence-electron chi connectivity index (χ0n) is 8.31. The largest absolute Gasteiger partial charge is 0.347 e. The molecule has 1 heterocycles. The Balaban J connectivity index is 2.51. The zero-order valence-corrected chi connectivity index (χ0v) is 8.31. The van der Waals surface area contributed by atoms with Crippen LogP contribution in [-0.2, 0) is 4.79 Å². The highest BCUT2D eigenvalue weighted by atomic mass is 16.1. The first kappa shape index (κ1) is 9.71. The second-order valence-corrected chi connectivity index (χ2v) is 3.45. The number of hydrogen-bond acceptors (Lipinski definition) is 3. The topological polar surface area (TPSA) is 46.3 Å². The van der Waals surface area contributed by atoms with Crippen molar-refractivity contribution in [3.63, 3.8) is 0 Å². The molecule has 0 aromatic heterocycles. The van der Waals surface area contributed by atoms with Gasteiger partial charge in [-0.2, -0.15) is 0 Å². The lowest BCUT2D eigenvalue weighted by Gasteiger charge is -2.23. The lowest BCUT2D eigenvalue weighted by Crippen LogP contribution is -2.39. The number of para-hydroxylation sites is 1. The second-order valence-electron chi connectivity index (χ2n) is 3.45. The molecule has 3 nitrogen and oxygen atoms in total. The van der Waals surface area contributed by atoms with Crippen molar-refractivity contribution in [1.29, 1.82) is 0 Å². The molecule has 1 aromatic carbocycles. The predicted molar refractivity (Wildman–Crippen MR) is 61.1 cm³/mol. The van der Waals surface area contributed by atoms with Gasteiger partial charge in [-0.3, -0.25) is 0 Å². The van der Waals surface area contributed by atoms with E-state index < -0.39 is 0 Å². The molecule has 1 atom stereocenters. The lowest BCUT2D eigenvalue weighted by atomic mass is 10.1. The van der Waals surface area contributed by atoms with Gasteiger partial charge < -0.3 is 10.6 Å². The van der Waals surface area contributed by atoms with Crippen LogP contribution in [0.5, 0.6) is 0 Å². The summed E-state index contributed by atoms with van der Waals surface area (Å²) >= 11 is 0. The third kappa shape index (κ3) is 1.48. The van der Waals surface area contributed by atoms with Crippen molar-refractivity contribution in [3.8, 4) is 0 Å². The molecule has 0 saturated heterocycles. The van der Waals surface area contributed by atoms with Crippen LogP contribution in [0.3, 0.4) is 0 Å². The molecular formula is C12H12N2O. The Labute approximate surface area is 88.5 Å². The normalized spacial score (nSPS) is 15.8. The fourth-order valence-corrected chi connectivity index (χ4v) is 1.80. The molecule has 0 fully saturated rings. The van der Waals surface area contributed by atoms with Crippen LogP contribution >= 0.6 is 0 Å². The fourth-order valence-electron chi connectivity index (χ4n) is 1.80. The van der Waals surface area contributed by atoms with Crippen molar-refractivity contribution in [2.45, 2.75) is 6.17 Å². The molecule has 0 amide bonds. The maximum Gasteiger partial charge on any atom is 0.130 e. The third-order valence-corrected chi connectivity index (χ3v) is 2.59. The molecular weight excluding hydrogens is 188 g/mol. The van der Waals surface area contributed by atoms with Gasteiger partial charge in [-0.1, -0.05) is 30.9 Å². The number of nitrogens with zero attached hydrogens (tertiary/aromatic N) is 1. The van der Waals surface area contributed by atoms with Crippen molar-refractivity contribution in [2.24, 2.45) is 5.73 Å². The van der Waals surface area contributed by atoms with E-state index in [9.17, 15) is 4.79 Å². The van der Waals surface area contributed by atoms with Gasteiger partial charge in [0.2, 0.25) is 0 Å². The number of nitrogens with two attached hydrogens (primary N) is 1. The molecule has 0 aliphatic carbocycles. The fraction of sp³-hybridized carbons (Fsp3) is 0.167. The smallest absolute Gasteiger partial charge is 0.130 e. The molecule has 15 heavy (non-hydrogen) atoms. The summed E-state index contributed by atoms with van der Waals surface area (Å²) in [5, 5.41) is 0. The number of benzene rings is 1. The van der Waals surface area contributed by atoms with E-state index in [1.165, 1.54) is 0 Å². The Morgan fingerprint density at radius 2 is 2.27 bits per heavy atom. The molecule has 3 heteroatoms. The van der Waals surface area contributed by atoms with Crippen LogP contribution in [0.4, 0.5) is 5.69 Å². The monoisotopic (exact) mass is 200 g/mol. The second kappa shape index (κ2) is 3.73. The van der Waals surface area contributed by atoms with Gasteiger partial charge in [0.15, 0.2) is 0 Å². The quantitative estimate of drug-likeness (QED) is 0.576. The Morgan fingerprint density at radius 3 is 2.93 bits per heavy atom. The van der Waals surface area contributed by atoms with E-state index in [0.29, 0.717) is 12.1 Å². The average Bonchev–Trinajstić information content (AvgIpc) is 2.67. The predicted octanol–water partition coefficient (Wildman–Crippen LogP) is 1.19. The number of anilines is 1. The highest BCUT2D eigenvalue weighted by Gasteiger charge is 2.26. The molecule has 0 bridgehead atoms. The van der Waals surface area contributed by atoms with Gasteiger partial charge in [-0.05, 0) is 6.07 Å². The van der Waals surface area contributed by atoms with E-state index in [1.807, 2.05) is 35.1 Å². The third-order valence-electron chi connectivity index (χ3n) is 2.59. The molecule has 2 rings (SSSR count). The first-order valence-electron chi connectivity index (χ1n) is 4.76. The summed E-state index contributed by atoms with van der Waals surface area (Å²) < 4.78 is 0. The first-order valence-corrected chi connectivity index (χ1v) is 4.76. The standard InChI is InChI=1S/C12H12N2O/c1-2-12(13)14-7-9(8-15)10-5-3-4-6-11(10)14/h2-6,12H,1,7,13H2. The first-order chi connectivity index (χ1) is 7.27. The maximum absolute atomic E-state index is 10.8. The Hall–Kier alpha value is -1.83. The van der Waals surface area contributed by atoms with Gasteiger partial charge in [-0.25, -0.2) is 4.79 Å². The molecule has 0 radical (unpaired) electrons. The molecule has 0 saturated carbocycles. The van der Waals surface area contributed by atoms with Crippen LogP contribution in [-0.4, -0.2) is 18.7 Å². The lowest BCUT2D eigenvalue weighted by molar-refractivity contribution is 0.569. The van der Waals surface area contributed by atoms with Gasteiger partial charge >= 0.3 is 0 Å². The SMILES string of the molecule is C=CC(N)N1CC(=C=O)c2ccccc21. The van der Waals surface area contributed by atoms with Crippen molar-refractivity contribution in [1.82, 2.24) is 0 Å². The van der Waals surface area contributed by atoms with Crippen LogP contribution in [0.15, 0.2) is 36.9 Å². The van der Waals surface area contributed by atoms with Gasteiger partial charge in [0.05, 0.1) is 18.3 Å². The minimum Gasteiger partial charge on any atom is -0.347 e. The summed E-state index contributed by atoms with van der Waals surface area (Å²) in [5.41, 5.74) is 8.43. The van der Waals surface area contributed by atoms with E-state index in [-0.39, 0.29) is 6.17 Å². The van der Waals surface area contributed by atoms with Crippen LogP contribution in [0.2, 0.25) is 0 Å². The van der Waals surface area contributed by atoms with Gasteiger partial charge in [0, 0.05) is 11.3 Å². The molecule has 76 valence electrons. The highest BCUT2D eigenvalue weighted by molar-refractivity contribution is 5.98. The zero-order chi connectivity index (χ0) is 10.8. The van der Waals surface area contributed by atoms with Crippen molar-refractivity contribution >= 4 is 17.2 Å². The van der Waals surface area contributed by atoms with Crippen molar-refractivity contribution < 1.29 is 4.79 Å². The summed E-state index contributed by atoms with van der Waals surface area (Å²) in [7, 11) is 0. The molecule has 2 N–H and O–H groups in total. The number of hydrogen-bond donors (Lipinski definition) is 1. The van der Waals surface area contributed by atoms with Crippen molar-refractivity contribution in [3.05, 3.63) is 42.5 Å². The van der Waals surface area contributed by atoms with E-state index in [1.54, 1.807) is 6.08 Å². The molecule has 1 aliphatic rings. The van der Waals surface area contributed by atoms with Crippen LogP contribution < -0.4 is 10.6 Å². The van der Waals surface area contributed by atoms with Gasteiger partial charge in [0.25, 0.3) is 0 Å². The van der Waals surface area contributed by atoms with Crippen LogP contribution in [0.1, 0.15) is 5.56 Å². The highest BCUT2D eigenvalue weighted by Crippen LogP contribution is 2.34. The van der Waals surface area contributed by atoms with E-state index in [2.05, 4.69) is 6.58 Å². The maximum atomic E-state index is 10.8.